The van der Waals surface area contributed by atoms with E-state index in [0.29, 0.717) is 18.7 Å². The number of aryl methyl sites for hydroxylation is 2. The van der Waals surface area contributed by atoms with E-state index in [1.54, 1.807) is 6.20 Å². The summed E-state index contributed by atoms with van der Waals surface area (Å²) in [5.41, 5.74) is 4.23. The number of likely N-dealkylation sites (N-methyl/N-ethyl adjacent to an activating group) is 1. The second kappa shape index (κ2) is 9.13. The molecule has 1 aliphatic heterocycles. The highest BCUT2D eigenvalue weighted by Gasteiger charge is 2.16. The van der Waals surface area contributed by atoms with Gasteiger partial charge in [0, 0.05) is 56.0 Å². The maximum Gasteiger partial charge on any atom is 0.224 e. The van der Waals surface area contributed by atoms with E-state index in [0.717, 1.165) is 43.2 Å². The Bertz CT molecular complexity index is 991. The third-order valence-corrected chi connectivity index (χ3v) is 5.50. The van der Waals surface area contributed by atoms with Gasteiger partial charge in [-0.3, -0.25) is 4.79 Å². The molecule has 1 aliphatic rings. The van der Waals surface area contributed by atoms with Crippen LogP contribution < -0.4 is 10.2 Å². The second-order valence-corrected chi connectivity index (χ2v) is 7.82. The number of amides is 1. The number of piperazine rings is 1. The Hall–Kier alpha value is -3.12. The molecule has 0 saturated carbocycles. The number of hydrogen-bond donors (Lipinski definition) is 1. The Labute approximate surface area is 177 Å². The SMILES string of the molecule is Cc1cc(NC(=O)CCc2ncc(-c3ccccc3)o2)ccc1N1CCN(C)CC1. The van der Waals surface area contributed by atoms with E-state index in [-0.39, 0.29) is 5.91 Å². The number of carbonyl (C=O) groups is 1. The zero-order valence-corrected chi connectivity index (χ0v) is 17.6. The van der Waals surface area contributed by atoms with E-state index in [9.17, 15) is 4.79 Å². The molecule has 156 valence electrons. The second-order valence-electron chi connectivity index (χ2n) is 7.82. The molecule has 0 atom stereocenters. The summed E-state index contributed by atoms with van der Waals surface area (Å²) in [7, 11) is 2.16. The number of anilines is 2. The van der Waals surface area contributed by atoms with Crippen molar-refractivity contribution in [1.82, 2.24) is 9.88 Å². The van der Waals surface area contributed by atoms with Crippen LogP contribution in [0, 0.1) is 6.92 Å². The molecule has 0 unspecified atom stereocenters. The molecule has 6 nitrogen and oxygen atoms in total. The number of oxazole rings is 1. The van der Waals surface area contributed by atoms with Crippen molar-refractivity contribution >= 4 is 17.3 Å². The highest BCUT2D eigenvalue weighted by atomic mass is 16.4. The first-order chi connectivity index (χ1) is 14.6. The third-order valence-electron chi connectivity index (χ3n) is 5.50. The number of nitrogens with one attached hydrogen (secondary N) is 1. The molecule has 1 amide bonds. The zero-order valence-electron chi connectivity index (χ0n) is 17.6. The van der Waals surface area contributed by atoms with Crippen LogP contribution in [0.2, 0.25) is 0 Å². The van der Waals surface area contributed by atoms with Gasteiger partial charge in [0.15, 0.2) is 11.7 Å². The molecule has 0 spiro atoms. The first-order valence-corrected chi connectivity index (χ1v) is 10.4. The molecule has 2 heterocycles. The lowest BCUT2D eigenvalue weighted by molar-refractivity contribution is -0.116. The highest BCUT2D eigenvalue weighted by molar-refractivity contribution is 5.91. The van der Waals surface area contributed by atoms with E-state index >= 15 is 0 Å². The van der Waals surface area contributed by atoms with E-state index in [1.807, 2.05) is 42.5 Å². The van der Waals surface area contributed by atoms with Gasteiger partial charge in [0.05, 0.1) is 6.20 Å². The van der Waals surface area contributed by atoms with Gasteiger partial charge in [0.25, 0.3) is 0 Å². The smallest absolute Gasteiger partial charge is 0.224 e. The summed E-state index contributed by atoms with van der Waals surface area (Å²) in [6.07, 6.45) is 2.51. The standard InChI is InChI=1S/C24H28N4O2/c1-18-16-20(8-9-21(18)28-14-12-27(2)13-15-28)26-23(29)10-11-24-25-17-22(30-24)19-6-4-3-5-7-19/h3-9,16-17H,10-15H2,1-2H3,(H,26,29). The average Bonchev–Trinajstić information content (AvgIpc) is 3.23. The fourth-order valence-electron chi connectivity index (χ4n) is 3.74. The highest BCUT2D eigenvalue weighted by Crippen LogP contribution is 2.25. The van der Waals surface area contributed by atoms with Crippen LogP contribution in [0.15, 0.2) is 59.1 Å². The van der Waals surface area contributed by atoms with Gasteiger partial charge in [-0.2, -0.15) is 0 Å². The first-order valence-electron chi connectivity index (χ1n) is 10.4. The normalized spacial score (nSPS) is 14.7. The monoisotopic (exact) mass is 404 g/mol. The predicted molar refractivity (Wildman–Crippen MR) is 120 cm³/mol. The van der Waals surface area contributed by atoms with Crippen LogP contribution >= 0.6 is 0 Å². The molecule has 4 rings (SSSR count). The van der Waals surface area contributed by atoms with Crippen molar-refractivity contribution in [3.8, 4) is 11.3 Å². The van der Waals surface area contributed by atoms with E-state index in [4.69, 9.17) is 4.42 Å². The summed E-state index contributed by atoms with van der Waals surface area (Å²) in [5.74, 6) is 1.26. The summed E-state index contributed by atoms with van der Waals surface area (Å²) >= 11 is 0. The van der Waals surface area contributed by atoms with E-state index in [1.165, 1.54) is 11.3 Å². The van der Waals surface area contributed by atoms with Crippen LogP contribution in [-0.4, -0.2) is 49.0 Å². The molecule has 0 bridgehead atoms. The van der Waals surface area contributed by atoms with Crippen LogP contribution in [0.4, 0.5) is 11.4 Å². The lowest BCUT2D eigenvalue weighted by Crippen LogP contribution is -2.44. The molecule has 1 saturated heterocycles. The molecule has 1 aromatic heterocycles. The predicted octanol–water partition coefficient (Wildman–Crippen LogP) is 3.97. The minimum atomic E-state index is -0.0405. The Kier molecular flexibility index (Phi) is 6.14. The minimum Gasteiger partial charge on any atom is -0.441 e. The van der Waals surface area contributed by atoms with Gasteiger partial charge in [-0.15, -0.1) is 0 Å². The van der Waals surface area contributed by atoms with Crippen LogP contribution in [0.25, 0.3) is 11.3 Å². The number of carbonyl (C=O) groups excluding carboxylic acids is 1. The molecule has 2 aromatic carbocycles. The van der Waals surface area contributed by atoms with Gasteiger partial charge in [0.1, 0.15) is 0 Å². The van der Waals surface area contributed by atoms with Gasteiger partial charge in [-0.05, 0) is 37.7 Å². The van der Waals surface area contributed by atoms with Gasteiger partial charge in [0.2, 0.25) is 5.91 Å². The van der Waals surface area contributed by atoms with Crippen molar-refractivity contribution in [2.24, 2.45) is 0 Å². The van der Waals surface area contributed by atoms with Crippen molar-refractivity contribution in [1.29, 1.82) is 0 Å². The fourth-order valence-corrected chi connectivity index (χ4v) is 3.74. The molecule has 1 N–H and O–H groups in total. The molecule has 0 aliphatic carbocycles. The van der Waals surface area contributed by atoms with Crippen LogP contribution in [-0.2, 0) is 11.2 Å². The lowest BCUT2D eigenvalue weighted by atomic mass is 10.1. The minimum absolute atomic E-state index is 0.0405. The molecular formula is C24H28N4O2. The maximum atomic E-state index is 12.4. The number of benzene rings is 2. The van der Waals surface area contributed by atoms with Crippen LogP contribution in [0.1, 0.15) is 17.9 Å². The zero-order chi connectivity index (χ0) is 20.9. The van der Waals surface area contributed by atoms with Gasteiger partial charge >= 0.3 is 0 Å². The Morgan fingerprint density at radius 3 is 2.60 bits per heavy atom. The molecule has 30 heavy (non-hydrogen) atoms. The summed E-state index contributed by atoms with van der Waals surface area (Å²) in [4.78, 5) is 21.5. The molecular weight excluding hydrogens is 376 g/mol. The van der Waals surface area contributed by atoms with Gasteiger partial charge in [-0.25, -0.2) is 4.98 Å². The maximum absolute atomic E-state index is 12.4. The van der Waals surface area contributed by atoms with Crippen molar-refractivity contribution in [3.05, 3.63) is 66.2 Å². The molecule has 6 heteroatoms. The van der Waals surface area contributed by atoms with E-state index in [2.05, 4.69) is 40.1 Å². The molecule has 3 aromatic rings. The number of hydrogen-bond acceptors (Lipinski definition) is 5. The van der Waals surface area contributed by atoms with Crippen molar-refractivity contribution < 1.29 is 9.21 Å². The average molecular weight is 405 g/mol. The van der Waals surface area contributed by atoms with E-state index < -0.39 is 0 Å². The summed E-state index contributed by atoms with van der Waals surface area (Å²) in [5, 5.41) is 2.99. The van der Waals surface area contributed by atoms with Gasteiger partial charge < -0.3 is 19.5 Å². The van der Waals surface area contributed by atoms with Crippen LogP contribution in [0.5, 0.6) is 0 Å². The summed E-state index contributed by atoms with van der Waals surface area (Å²) < 4.78 is 5.78. The lowest BCUT2D eigenvalue weighted by Gasteiger charge is -2.35. The van der Waals surface area contributed by atoms with Crippen molar-refractivity contribution in [3.63, 3.8) is 0 Å². The summed E-state index contributed by atoms with van der Waals surface area (Å²) in [6, 6.07) is 16.0. The first kappa shape index (κ1) is 20.2. The molecule has 0 radical (unpaired) electrons. The van der Waals surface area contributed by atoms with Crippen molar-refractivity contribution in [2.75, 3.05) is 43.4 Å². The number of nitrogens with zero attached hydrogens (tertiary/aromatic N) is 3. The number of rotatable bonds is 6. The summed E-state index contributed by atoms with van der Waals surface area (Å²) in [6.45, 7) is 6.31. The fraction of sp³-hybridized carbons (Fsp3) is 0.333. The Morgan fingerprint density at radius 1 is 1.10 bits per heavy atom. The van der Waals surface area contributed by atoms with Crippen molar-refractivity contribution in [2.45, 2.75) is 19.8 Å². The van der Waals surface area contributed by atoms with Gasteiger partial charge in [-0.1, -0.05) is 30.3 Å². The quantitative estimate of drug-likeness (QED) is 0.674. The third kappa shape index (κ3) is 4.89. The topological polar surface area (TPSA) is 61.6 Å². The number of aromatic nitrogens is 1. The molecule has 1 fully saturated rings. The Balaban J connectivity index is 1.31. The Morgan fingerprint density at radius 2 is 1.87 bits per heavy atom. The van der Waals surface area contributed by atoms with Crippen LogP contribution in [0.3, 0.4) is 0 Å². The largest absolute Gasteiger partial charge is 0.441 e.